The van der Waals surface area contributed by atoms with E-state index in [2.05, 4.69) is 25.7 Å². The molecule has 0 unspecified atom stereocenters. The van der Waals surface area contributed by atoms with Crippen LogP contribution in [0.3, 0.4) is 0 Å². The topological polar surface area (TPSA) is 84.0 Å². The van der Waals surface area contributed by atoms with E-state index in [4.69, 9.17) is 4.74 Å². The molecule has 1 amide bonds. The molecule has 0 saturated heterocycles. The van der Waals surface area contributed by atoms with Crippen LogP contribution in [0.5, 0.6) is 11.5 Å². The lowest BCUT2D eigenvalue weighted by Crippen LogP contribution is -2.46. The quantitative estimate of drug-likeness (QED) is 0.254. The molecular formula is C20H31F2IN4O3. The third kappa shape index (κ3) is 9.31. The van der Waals surface area contributed by atoms with Crippen LogP contribution in [-0.2, 0) is 11.3 Å². The van der Waals surface area contributed by atoms with Crippen molar-refractivity contribution in [2.75, 3.05) is 20.2 Å². The van der Waals surface area contributed by atoms with Crippen LogP contribution < -0.4 is 25.4 Å². The van der Waals surface area contributed by atoms with Gasteiger partial charge in [0, 0.05) is 18.2 Å². The van der Waals surface area contributed by atoms with Gasteiger partial charge in [-0.15, -0.1) is 24.0 Å². The summed E-state index contributed by atoms with van der Waals surface area (Å²) < 4.78 is 35.0. The van der Waals surface area contributed by atoms with Gasteiger partial charge in [0.1, 0.15) is 11.5 Å². The van der Waals surface area contributed by atoms with Crippen LogP contribution in [0.15, 0.2) is 23.2 Å². The molecule has 1 aliphatic rings. The molecule has 1 aromatic carbocycles. The molecule has 0 aromatic heterocycles. The van der Waals surface area contributed by atoms with Crippen LogP contribution in [0.1, 0.15) is 44.6 Å². The Labute approximate surface area is 193 Å². The largest absolute Gasteiger partial charge is 0.497 e. The molecule has 1 aromatic rings. The molecule has 0 bridgehead atoms. The number of amides is 1. The Hall–Kier alpha value is -1.85. The first-order chi connectivity index (χ1) is 14.0. The number of nitrogens with one attached hydrogen (secondary N) is 3. The maximum absolute atomic E-state index is 12.6. The zero-order valence-electron chi connectivity index (χ0n) is 17.4. The second-order valence-electron chi connectivity index (χ2n) is 6.80. The summed E-state index contributed by atoms with van der Waals surface area (Å²) in [5.74, 6) is 0.875. The predicted octanol–water partition coefficient (Wildman–Crippen LogP) is 3.42. The van der Waals surface area contributed by atoms with Gasteiger partial charge in [-0.3, -0.25) is 4.79 Å². The Bertz CT molecular complexity index is 686. The van der Waals surface area contributed by atoms with Crippen molar-refractivity contribution < 1.29 is 23.0 Å². The summed E-state index contributed by atoms with van der Waals surface area (Å²) in [5, 5.41) is 9.05. The summed E-state index contributed by atoms with van der Waals surface area (Å²) in [6.45, 7) is -0.272. The van der Waals surface area contributed by atoms with Gasteiger partial charge in [0.25, 0.3) is 0 Å². The monoisotopic (exact) mass is 540 g/mol. The Morgan fingerprint density at radius 2 is 1.97 bits per heavy atom. The number of rotatable bonds is 9. The van der Waals surface area contributed by atoms with Gasteiger partial charge in [-0.2, -0.15) is 8.78 Å². The Morgan fingerprint density at radius 1 is 1.23 bits per heavy atom. The molecule has 170 valence electrons. The second kappa shape index (κ2) is 14.2. The molecule has 1 aliphatic carbocycles. The average Bonchev–Trinajstić information content (AvgIpc) is 2.71. The minimum atomic E-state index is -2.93. The SMILES string of the molecule is CCNC(=NCc1cc(OC)ccc1OC(F)F)NCC(=O)NC1CCCCC1.I. The van der Waals surface area contributed by atoms with Gasteiger partial charge in [-0.25, -0.2) is 4.99 Å². The van der Waals surface area contributed by atoms with Crippen LogP contribution in [-0.4, -0.2) is 44.7 Å². The fourth-order valence-corrected chi connectivity index (χ4v) is 3.21. The number of aliphatic imine (C=N–C) groups is 1. The summed E-state index contributed by atoms with van der Waals surface area (Å²) >= 11 is 0. The van der Waals surface area contributed by atoms with Crippen molar-refractivity contribution in [2.24, 2.45) is 4.99 Å². The molecular weight excluding hydrogens is 509 g/mol. The molecule has 7 nitrogen and oxygen atoms in total. The van der Waals surface area contributed by atoms with Crippen molar-refractivity contribution in [2.45, 2.75) is 58.2 Å². The highest BCUT2D eigenvalue weighted by molar-refractivity contribution is 14.0. The van der Waals surface area contributed by atoms with Crippen LogP contribution in [0.2, 0.25) is 0 Å². The molecule has 10 heteroatoms. The van der Waals surface area contributed by atoms with Gasteiger partial charge < -0.3 is 25.4 Å². The maximum atomic E-state index is 12.6. The van der Waals surface area contributed by atoms with Crippen molar-refractivity contribution in [1.29, 1.82) is 0 Å². The molecule has 2 rings (SSSR count). The van der Waals surface area contributed by atoms with E-state index >= 15 is 0 Å². The number of guanidine groups is 1. The number of hydrogen-bond donors (Lipinski definition) is 3. The third-order valence-electron chi connectivity index (χ3n) is 4.62. The maximum Gasteiger partial charge on any atom is 0.387 e. The molecule has 1 fully saturated rings. The lowest BCUT2D eigenvalue weighted by atomic mass is 9.95. The van der Waals surface area contributed by atoms with E-state index in [-0.39, 0.29) is 54.8 Å². The van der Waals surface area contributed by atoms with Crippen LogP contribution in [0.25, 0.3) is 0 Å². The number of methoxy groups -OCH3 is 1. The standard InChI is InChI=1S/C20H30F2N4O3.HI/c1-3-23-20(25-13-18(27)26-15-7-5-4-6-8-15)24-12-14-11-16(28-2)9-10-17(14)29-19(21)22;/h9-11,15,19H,3-8,12-13H2,1-2H3,(H,26,27)(H2,23,24,25);1H. The fourth-order valence-electron chi connectivity index (χ4n) is 3.21. The summed E-state index contributed by atoms with van der Waals surface area (Å²) in [5.41, 5.74) is 0.452. The second-order valence-corrected chi connectivity index (χ2v) is 6.80. The zero-order valence-corrected chi connectivity index (χ0v) is 19.7. The predicted molar refractivity (Wildman–Crippen MR) is 123 cm³/mol. The van der Waals surface area contributed by atoms with Crippen molar-refractivity contribution in [3.8, 4) is 11.5 Å². The number of hydrogen-bond acceptors (Lipinski definition) is 4. The van der Waals surface area contributed by atoms with E-state index in [9.17, 15) is 13.6 Å². The molecule has 0 radical (unpaired) electrons. The highest BCUT2D eigenvalue weighted by atomic mass is 127. The number of halogens is 3. The van der Waals surface area contributed by atoms with Gasteiger partial charge >= 0.3 is 6.61 Å². The van der Waals surface area contributed by atoms with Gasteiger partial charge in [0.15, 0.2) is 5.96 Å². The summed E-state index contributed by atoms with van der Waals surface area (Å²) in [6, 6.07) is 4.81. The molecule has 0 heterocycles. The minimum absolute atomic E-state index is 0. The van der Waals surface area contributed by atoms with E-state index in [1.54, 1.807) is 12.1 Å². The van der Waals surface area contributed by atoms with Crippen LogP contribution in [0, 0.1) is 0 Å². The highest BCUT2D eigenvalue weighted by Crippen LogP contribution is 2.26. The zero-order chi connectivity index (χ0) is 21.1. The van der Waals surface area contributed by atoms with Crippen LogP contribution >= 0.6 is 24.0 Å². The van der Waals surface area contributed by atoms with Crippen molar-refractivity contribution in [3.63, 3.8) is 0 Å². The average molecular weight is 540 g/mol. The molecule has 3 N–H and O–H groups in total. The van der Waals surface area contributed by atoms with Gasteiger partial charge in [0.2, 0.25) is 5.91 Å². The highest BCUT2D eigenvalue weighted by Gasteiger charge is 2.16. The molecule has 0 atom stereocenters. The number of carbonyl (C=O) groups excluding carboxylic acids is 1. The van der Waals surface area contributed by atoms with Gasteiger partial charge in [-0.05, 0) is 38.0 Å². The summed E-state index contributed by atoms with van der Waals surface area (Å²) in [6.07, 6.45) is 5.55. The number of carbonyl (C=O) groups is 1. The Balaban J connectivity index is 0.00000450. The summed E-state index contributed by atoms with van der Waals surface area (Å²) in [7, 11) is 1.49. The molecule has 1 saturated carbocycles. The smallest absolute Gasteiger partial charge is 0.387 e. The van der Waals surface area contributed by atoms with E-state index in [1.807, 2.05) is 6.92 Å². The van der Waals surface area contributed by atoms with Crippen molar-refractivity contribution in [3.05, 3.63) is 23.8 Å². The first-order valence-electron chi connectivity index (χ1n) is 9.95. The molecule has 30 heavy (non-hydrogen) atoms. The van der Waals surface area contributed by atoms with Gasteiger partial charge in [-0.1, -0.05) is 19.3 Å². The van der Waals surface area contributed by atoms with Crippen molar-refractivity contribution in [1.82, 2.24) is 16.0 Å². The Kier molecular flexibility index (Phi) is 12.4. The lowest BCUT2D eigenvalue weighted by molar-refractivity contribution is -0.120. The first-order valence-corrected chi connectivity index (χ1v) is 9.95. The van der Waals surface area contributed by atoms with E-state index in [0.29, 0.717) is 23.8 Å². The number of benzene rings is 1. The Morgan fingerprint density at radius 3 is 2.60 bits per heavy atom. The van der Waals surface area contributed by atoms with Gasteiger partial charge in [0.05, 0.1) is 20.2 Å². The first kappa shape index (κ1) is 26.2. The number of alkyl halides is 2. The normalized spacial score (nSPS) is 14.6. The molecule has 0 spiro atoms. The van der Waals surface area contributed by atoms with E-state index in [1.165, 1.54) is 19.6 Å². The number of ether oxygens (including phenoxy) is 2. The number of nitrogens with zero attached hydrogens (tertiary/aromatic N) is 1. The lowest BCUT2D eigenvalue weighted by Gasteiger charge is -2.23. The molecule has 0 aliphatic heterocycles. The van der Waals surface area contributed by atoms with E-state index in [0.717, 1.165) is 25.7 Å². The third-order valence-corrected chi connectivity index (χ3v) is 4.62. The fraction of sp³-hybridized carbons (Fsp3) is 0.600. The van der Waals surface area contributed by atoms with Crippen LogP contribution in [0.4, 0.5) is 8.78 Å². The van der Waals surface area contributed by atoms with E-state index < -0.39 is 6.61 Å². The summed E-state index contributed by atoms with van der Waals surface area (Å²) in [4.78, 5) is 16.6. The minimum Gasteiger partial charge on any atom is -0.497 e. The van der Waals surface area contributed by atoms with Crippen molar-refractivity contribution >= 4 is 35.8 Å².